The van der Waals surface area contributed by atoms with Crippen LogP contribution in [0.25, 0.3) is 52.2 Å². The van der Waals surface area contributed by atoms with Crippen LogP contribution in [0.15, 0.2) is 48.5 Å². The predicted octanol–water partition coefficient (Wildman–Crippen LogP) is 13.5. The molecule has 0 radical (unpaired) electrons. The number of rotatable bonds is 2. The van der Waals surface area contributed by atoms with Gasteiger partial charge in [-0.25, -0.2) is 0 Å². The summed E-state index contributed by atoms with van der Waals surface area (Å²) in [5.41, 5.74) is 2.89. The fourth-order valence-corrected chi connectivity index (χ4v) is 16.1. The fourth-order valence-electron chi connectivity index (χ4n) is 10.5. The Morgan fingerprint density at radius 3 is 1.48 bits per heavy atom. The van der Waals surface area contributed by atoms with E-state index in [2.05, 4.69) is 0 Å². The molecule has 0 amide bonds. The Hall–Kier alpha value is -4.95. The first-order chi connectivity index (χ1) is 29.3. The molecule has 6 nitrogen and oxygen atoms in total. The highest BCUT2D eigenvalue weighted by Crippen LogP contribution is 2.66. The Balaban J connectivity index is 1.01. The van der Waals surface area contributed by atoms with Gasteiger partial charge in [0.1, 0.15) is 22.7 Å². The lowest BCUT2D eigenvalue weighted by Crippen LogP contribution is -2.37. The van der Waals surface area contributed by atoms with E-state index in [1.54, 1.807) is 46.2 Å². The molecular formula is C48H33F3O6S4. The van der Waals surface area contributed by atoms with Crippen LogP contribution in [-0.2, 0) is 27.0 Å². The second kappa shape index (κ2) is 13.0. The lowest BCUT2D eigenvalue weighted by Gasteiger charge is -2.41. The van der Waals surface area contributed by atoms with Crippen molar-refractivity contribution in [1.29, 1.82) is 0 Å². The second-order valence-electron chi connectivity index (χ2n) is 17.0. The zero-order valence-electron chi connectivity index (χ0n) is 32.6. The molecule has 2 aromatic carbocycles. The van der Waals surface area contributed by atoms with Crippen molar-refractivity contribution >= 4 is 101 Å². The molecule has 4 aliphatic carbocycles. The SMILES string of the molecule is Cc1ccc2c(c1)C(=O)C(=O)/C2=C\c1cc2c(s1)-c1sc3c4c(sc3c1C1(CCCCC1)O2)-c1sc(/C=C2\C(=O)C(=O)c3cc(C(F)(F)F)ccc32)cc1OC41CCCCC1. The summed E-state index contributed by atoms with van der Waals surface area (Å²) in [6.07, 6.45) is 8.61. The molecule has 13 heteroatoms. The Morgan fingerprint density at radius 2 is 1.00 bits per heavy atom. The Morgan fingerprint density at radius 1 is 0.541 bits per heavy atom. The number of carbonyl (C=O) groups excluding carboxylic acids is 4. The van der Waals surface area contributed by atoms with Gasteiger partial charge in [0.05, 0.1) is 34.5 Å². The maximum atomic E-state index is 13.5. The van der Waals surface area contributed by atoms with Gasteiger partial charge in [-0.05, 0) is 112 Å². The average Bonchev–Trinajstić information content (AvgIpc) is 4.08. The van der Waals surface area contributed by atoms with Crippen LogP contribution in [-0.4, -0.2) is 23.1 Å². The molecule has 0 unspecified atom stereocenters. The number of carbonyl (C=O) groups is 4. The van der Waals surface area contributed by atoms with Crippen LogP contribution in [0.3, 0.4) is 0 Å². The highest BCUT2D eigenvalue weighted by Gasteiger charge is 2.51. The first kappa shape index (κ1) is 37.8. The molecule has 0 atom stereocenters. The number of allylic oxidation sites excluding steroid dienone is 2. The van der Waals surface area contributed by atoms with Crippen molar-refractivity contribution in [2.75, 3.05) is 0 Å². The monoisotopic (exact) mass is 890 g/mol. The zero-order chi connectivity index (χ0) is 41.7. The fraction of sp³-hybridized carbons (Fsp3) is 0.292. The molecule has 2 spiro atoms. The maximum absolute atomic E-state index is 13.5. The molecule has 306 valence electrons. The van der Waals surface area contributed by atoms with Crippen LogP contribution in [0.2, 0.25) is 0 Å². The molecule has 0 bridgehead atoms. The van der Waals surface area contributed by atoms with E-state index in [9.17, 15) is 32.3 Å². The van der Waals surface area contributed by atoms with Gasteiger partial charge in [0.25, 0.3) is 0 Å². The molecule has 0 N–H and O–H groups in total. The van der Waals surface area contributed by atoms with Gasteiger partial charge in [0.2, 0.25) is 23.1 Å². The summed E-state index contributed by atoms with van der Waals surface area (Å²) in [4.78, 5) is 58.4. The average molecular weight is 891 g/mol. The van der Waals surface area contributed by atoms with Crippen LogP contribution < -0.4 is 9.47 Å². The van der Waals surface area contributed by atoms with E-state index >= 15 is 0 Å². The van der Waals surface area contributed by atoms with Gasteiger partial charge >= 0.3 is 6.18 Å². The summed E-state index contributed by atoms with van der Waals surface area (Å²) < 4.78 is 57.4. The third kappa shape index (κ3) is 5.42. The molecule has 2 aliphatic heterocycles. The van der Waals surface area contributed by atoms with Gasteiger partial charge in [-0.1, -0.05) is 36.6 Å². The van der Waals surface area contributed by atoms with Crippen molar-refractivity contribution in [2.24, 2.45) is 0 Å². The summed E-state index contributed by atoms with van der Waals surface area (Å²) in [6.45, 7) is 1.91. The molecule has 6 aromatic rings. The molecular weight excluding hydrogens is 858 g/mol. The Kier molecular flexibility index (Phi) is 8.08. The molecule has 12 rings (SSSR count). The van der Waals surface area contributed by atoms with Crippen molar-refractivity contribution in [3.63, 3.8) is 0 Å². The van der Waals surface area contributed by atoms with Gasteiger partial charge < -0.3 is 9.47 Å². The highest BCUT2D eigenvalue weighted by molar-refractivity contribution is 7.34. The summed E-state index contributed by atoms with van der Waals surface area (Å²) in [6, 6.07) is 12.4. The van der Waals surface area contributed by atoms with E-state index in [4.69, 9.17) is 9.47 Å². The number of fused-ring (bicyclic) bond motifs is 13. The first-order valence-corrected chi connectivity index (χ1v) is 23.8. The normalized spacial score (nSPS) is 20.9. The number of benzene rings is 2. The molecule has 2 saturated carbocycles. The molecule has 61 heavy (non-hydrogen) atoms. The predicted molar refractivity (Wildman–Crippen MR) is 234 cm³/mol. The summed E-state index contributed by atoms with van der Waals surface area (Å²) in [5, 5.41) is 0. The lowest BCUT2D eigenvalue weighted by atomic mass is 9.76. The largest absolute Gasteiger partial charge is 0.481 e. The van der Waals surface area contributed by atoms with Gasteiger partial charge in [-0.15, -0.1) is 45.3 Å². The second-order valence-corrected chi connectivity index (χ2v) is 21.2. The van der Waals surface area contributed by atoms with Gasteiger partial charge in [-0.2, -0.15) is 13.2 Å². The van der Waals surface area contributed by atoms with Gasteiger partial charge in [-0.3, -0.25) is 19.2 Å². The number of thiophene rings is 4. The number of hydrogen-bond acceptors (Lipinski definition) is 10. The highest BCUT2D eigenvalue weighted by atomic mass is 32.1. The zero-order valence-corrected chi connectivity index (χ0v) is 35.8. The van der Waals surface area contributed by atoms with E-state index in [-0.39, 0.29) is 16.7 Å². The van der Waals surface area contributed by atoms with Gasteiger partial charge in [0.15, 0.2) is 0 Å². The van der Waals surface area contributed by atoms with E-state index < -0.39 is 46.1 Å². The molecule has 6 aliphatic rings. The first-order valence-electron chi connectivity index (χ1n) is 20.5. The number of Topliss-reactive ketones (excluding diaryl/α,β-unsaturated/α-hetero) is 4. The third-order valence-electron chi connectivity index (χ3n) is 13.3. The number of hydrogen-bond donors (Lipinski definition) is 0. The van der Waals surface area contributed by atoms with Crippen LogP contribution in [0, 0.1) is 6.92 Å². The summed E-state index contributed by atoms with van der Waals surface area (Å²) in [5.74, 6) is -1.18. The van der Waals surface area contributed by atoms with Crippen molar-refractivity contribution in [3.05, 3.63) is 103 Å². The summed E-state index contributed by atoms with van der Waals surface area (Å²) >= 11 is 6.63. The smallest absolute Gasteiger partial charge is 0.416 e. The van der Waals surface area contributed by atoms with E-state index in [0.717, 1.165) is 113 Å². The van der Waals surface area contributed by atoms with Crippen molar-refractivity contribution in [1.82, 2.24) is 0 Å². The molecule has 0 saturated heterocycles. The Bertz CT molecular complexity index is 3080. The lowest BCUT2D eigenvalue weighted by molar-refractivity contribution is -0.137. The minimum Gasteiger partial charge on any atom is -0.481 e. The molecule has 2 fully saturated rings. The van der Waals surface area contributed by atoms with E-state index in [0.29, 0.717) is 21.6 Å². The van der Waals surface area contributed by atoms with Crippen LogP contribution >= 0.6 is 45.3 Å². The van der Waals surface area contributed by atoms with Crippen LogP contribution in [0.1, 0.15) is 128 Å². The quantitative estimate of drug-likeness (QED) is 0.127. The van der Waals surface area contributed by atoms with E-state index in [1.807, 2.05) is 37.3 Å². The number of ether oxygens (including phenoxy) is 2. The van der Waals surface area contributed by atoms with Crippen molar-refractivity contribution in [3.8, 4) is 31.0 Å². The number of aryl methyl sites for hydroxylation is 1. The standard InChI is InChI=1S/C48H33F3O6S4/c1-22-8-10-26-28(16-22)36(52)38(54)30(26)18-24-20-32-40(58-24)42-34(46(56-32)12-4-2-5-13-46)44-45(60-42)35-43(61-44)41-33(57-47(35)14-6-3-7-15-47)21-25(59-41)19-31-27-11-9-23(48(49,50)51)17-29(27)37(53)39(31)55/h8-11,16-21H,2-7,12-15H2,1H3/b30-18-,31-19-. The minimum absolute atomic E-state index is 0.0857. The minimum atomic E-state index is -4.64. The summed E-state index contributed by atoms with van der Waals surface area (Å²) in [7, 11) is 0. The van der Waals surface area contributed by atoms with Crippen molar-refractivity contribution in [2.45, 2.75) is 88.5 Å². The van der Waals surface area contributed by atoms with Crippen LogP contribution in [0.5, 0.6) is 11.5 Å². The van der Waals surface area contributed by atoms with Crippen molar-refractivity contribution < 1.29 is 41.8 Å². The third-order valence-corrected chi connectivity index (χ3v) is 18.3. The Labute approximate surface area is 363 Å². The number of alkyl halides is 3. The maximum Gasteiger partial charge on any atom is 0.416 e. The van der Waals surface area contributed by atoms with E-state index in [1.165, 1.54) is 42.8 Å². The van der Waals surface area contributed by atoms with Crippen LogP contribution in [0.4, 0.5) is 13.2 Å². The molecule has 4 aromatic heterocycles. The number of ketones is 4. The topological polar surface area (TPSA) is 86.7 Å². The number of halogens is 3. The van der Waals surface area contributed by atoms with Gasteiger partial charge in [0, 0.05) is 43.2 Å². The molecule has 6 heterocycles.